The van der Waals surface area contributed by atoms with Gasteiger partial charge in [0.15, 0.2) is 5.65 Å². The molecule has 1 atom stereocenters. The van der Waals surface area contributed by atoms with Crippen molar-refractivity contribution >= 4 is 17.5 Å². The second-order valence-electron chi connectivity index (χ2n) is 7.07. The van der Waals surface area contributed by atoms with Crippen LogP contribution in [0.2, 0.25) is 0 Å². The van der Waals surface area contributed by atoms with Crippen LogP contribution in [0.5, 0.6) is 0 Å². The molecule has 2 aromatic rings. The van der Waals surface area contributed by atoms with Gasteiger partial charge in [-0.1, -0.05) is 13.8 Å². The zero-order valence-electron chi connectivity index (χ0n) is 14.8. The minimum absolute atomic E-state index is 0.0202. The number of nitrogens with one attached hydrogen (secondary N) is 1. The molecule has 9 heteroatoms. The predicted octanol–water partition coefficient (Wildman–Crippen LogP) is 2.74. The van der Waals surface area contributed by atoms with Gasteiger partial charge in [-0.25, -0.2) is 0 Å². The summed E-state index contributed by atoms with van der Waals surface area (Å²) in [5.74, 6) is 0.473. The van der Waals surface area contributed by atoms with E-state index in [1.807, 2.05) is 18.7 Å². The highest BCUT2D eigenvalue weighted by molar-refractivity contribution is 5.79. The molecular formula is C17H22F3N5O. The van der Waals surface area contributed by atoms with Gasteiger partial charge in [-0.2, -0.15) is 13.2 Å². The van der Waals surface area contributed by atoms with Crippen molar-refractivity contribution < 1.29 is 18.0 Å². The van der Waals surface area contributed by atoms with Crippen molar-refractivity contribution in [3.05, 3.63) is 23.9 Å². The first-order valence-corrected chi connectivity index (χ1v) is 8.70. The van der Waals surface area contributed by atoms with Crippen molar-refractivity contribution in [1.82, 2.24) is 19.9 Å². The van der Waals surface area contributed by atoms with Gasteiger partial charge in [0.25, 0.3) is 0 Å². The molecule has 26 heavy (non-hydrogen) atoms. The maximum absolute atomic E-state index is 13.0. The van der Waals surface area contributed by atoms with Crippen LogP contribution in [0.15, 0.2) is 18.3 Å². The van der Waals surface area contributed by atoms with Gasteiger partial charge in [-0.15, -0.1) is 10.2 Å². The van der Waals surface area contributed by atoms with Crippen LogP contribution in [0.1, 0.15) is 32.3 Å². The fraction of sp³-hybridized carbons (Fsp3) is 0.588. The monoisotopic (exact) mass is 369 g/mol. The number of aromatic nitrogens is 3. The highest BCUT2D eigenvalue weighted by Crippen LogP contribution is 2.30. The number of piperidine rings is 1. The molecular weight excluding hydrogens is 347 g/mol. The molecule has 3 rings (SSSR count). The number of anilines is 1. The third kappa shape index (κ3) is 3.91. The number of carbonyl (C=O) groups excluding carboxylic acids is 1. The lowest BCUT2D eigenvalue weighted by atomic mass is 9.97. The largest absolute Gasteiger partial charge is 0.417 e. The Morgan fingerprint density at radius 3 is 2.81 bits per heavy atom. The average molecular weight is 369 g/mol. The van der Waals surface area contributed by atoms with Gasteiger partial charge < -0.3 is 10.2 Å². The number of hydrogen-bond donors (Lipinski definition) is 1. The molecule has 1 aliphatic heterocycles. The zero-order chi connectivity index (χ0) is 18.9. The second kappa shape index (κ2) is 7.13. The third-order valence-electron chi connectivity index (χ3n) is 4.47. The Labute approximate surface area is 149 Å². The Morgan fingerprint density at radius 1 is 1.35 bits per heavy atom. The maximum atomic E-state index is 13.0. The van der Waals surface area contributed by atoms with E-state index >= 15 is 0 Å². The van der Waals surface area contributed by atoms with Crippen molar-refractivity contribution in [3.63, 3.8) is 0 Å². The maximum Gasteiger partial charge on any atom is 0.417 e. The normalized spacial score (nSPS) is 18.5. The number of rotatable bonds is 4. The van der Waals surface area contributed by atoms with Crippen LogP contribution in [0.4, 0.5) is 19.1 Å². The van der Waals surface area contributed by atoms with E-state index < -0.39 is 11.7 Å². The topological polar surface area (TPSA) is 62.5 Å². The third-order valence-corrected chi connectivity index (χ3v) is 4.47. The summed E-state index contributed by atoms with van der Waals surface area (Å²) in [5.41, 5.74) is -0.409. The van der Waals surface area contributed by atoms with Crippen LogP contribution >= 0.6 is 0 Å². The van der Waals surface area contributed by atoms with Crippen LogP contribution in [-0.4, -0.2) is 40.1 Å². The SMILES string of the molecule is CC(C)CNC(=O)C1CCCN(c2nnc3ccc(C(F)(F)F)cn23)C1. The number of hydrogen-bond acceptors (Lipinski definition) is 4. The molecule has 0 aromatic carbocycles. The van der Waals surface area contributed by atoms with Crippen LogP contribution in [0.3, 0.4) is 0 Å². The van der Waals surface area contributed by atoms with Crippen molar-refractivity contribution in [2.45, 2.75) is 32.9 Å². The molecule has 1 fully saturated rings. The van der Waals surface area contributed by atoms with Gasteiger partial charge in [0.1, 0.15) is 0 Å². The van der Waals surface area contributed by atoms with Crippen molar-refractivity contribution in [2.24, 2.45) is 11.8 Å². The van der Waals surface area contributed by atoms with Gasteiger partial charge in [0, 0.05) is 25.8 Å². The Balaban J connectivity index is 1.81. The molecule has 0 bridgehead atoms. The first-order chi connectivity index (χ1) is 12.3. The van der Waals surface area contributed by atoms with E-state index in [0.717, 1.165) is 25.1 Å². The minimum Gasteiger partial charge on any atom is -0.356 e. The lowest BCUT2D eigenvalue weighted by molar-refractivity contribution is -0.137. The molecule has 0 spiro atoms. The molecule has 2 aromatic heterocycles. The average Bonchev–Trinajstić information content (AvgIpc) is 3.02. The van der Waals surface area contributed by atoms with Gasteiger partial charge in [-0.05, 0) is 30.9 Å². The van der Waals surface area contributed by atoms with Gasteiger partial charge in [0.05, 0.1) is 11.5 Å². The van der Waals surface area contributed by atoms with E-state index in [2.05, 4.69) is 15.5 Å². The highest BCUT2D eigenvalue weighted by Gasteiger charge is 2.32. The quantitative estimate of drug-likeness (QED) is 0.900. The number of carbonyl (C=O) groups is 1. The number of fused-ring (bicyclic) bond motifs is 1. The van der Waals surface area contributed by atoms with Crippen LogP contribution in [0, 0.1) is 11.8 Å². The van der Waals surface area contributed by atoms with E-state index in [1.165, 1.54) is 10.5 Å². The second-order valence-corrected chi connectivity index (χ2v) is 7.07. The van der Waals surface area contributed by atoms with Gasteiger partial charge in [0.2, 0.25) is 11.9 Å². The lowest BCUT2D eigenvalue weighted by Gasteiger charge is -2.32. The lowest BCUT2D eigenvalue weighted by Crippen LogP contribution is -2.44. The molecule has 0 aliphatic carbocycles. The molecule has 1 amide bonds. The Kier molecular flexibility index (Phi) is 5.06. The van der Waals surface area contributed by atoms with E-state index in [4.69, 9.17) is 0 Å². The van der Waals surface area contributed by atoms with Crippen LogP contribution < -0.4 is 10.2 Å². The van der Waals surface area contributed by atoms with E-state index in [-0.39, 0.29) is 11.8 Å². The number of halogens is 3. The molecule has 1 saturated heterocycles. The number of nitrogens with zero attached hydrogens (tertiary/aromatic N) is 4. The van der Waals surface area contributed by atoms with Crippen molar-refractivity contribution in [3.8, 4) is 0 Å². The fourth-order valence-electron chi connectivity index (χ4n) is 3.08. The molecule has 3 heterocycles. The fourth-order valence-corrected chi connectivity index (χ4v) is 3.08. The summed E-state index contributed by atoms with van der Waals surface area (Å²) in [5, 5.41) is 10.9. The zero-order valence-corrected chi connectivity index (χ0v) is 14.8. The van der Waals surface area contributed by atoms with Gasteiger partial charge >= 0.3 is 6.18 Å². The summed E-state index contributed by atoms with van der Waals surface area (Å²) in [7, 11) is 0. The summed E-state index contributed by atoms with van der Waals surface area (Å²) >= 11 is 0. The summed E-state index contributed by atoms with van der Waals surface area (Å²) in [6, 6.07) is 2.29. The first-order valence-electron chi connectivity index (χ1n) is 8.70. The first kappa shape index (κ1) is 18.5. The molecule has 0 saturated carbocycles. The number of pyridine rings is 1. The Morgan fingerprint density at radius 2 is 2.12 bits per heavy atom. The van der Waals surface area contributed by atoms with Gasteiger partial charge in [-0.3, -0.25) is 9.20 Å². The number of amides is 1. The Hall–Kier alpha value is -2.32. The summed E-state index contributed by atoms with van der Waals surface area (Å²) in [6.45, 7) is 5.70. The summed E-state index contributed by atoms with van der Waals surface area (Å²) in [6.07, 6.45) is -1.90. The smallest absolute Gasteiger partial charge is 0.356 e. The molecule has 1 aliphatic rings. The minimum atomic E-state index is -4.43. The standard InChI is InChI=1S/C17H22F3N5O/c1-11(2)8-21-15(26)12-4-3-7-24(9-12)16-23-22-14-6-5-13(10-25(14)16)17(18,19)20/h5-6,10-12H,3-4,7-9H2,1-2H3,(H,21,26). The van der Waals surface area contributed by atoms with Crippen LogP contribution in [0.25, 0.3) is 5.65 Å². The summed E-state index contributed by atoms with van der Waals surface area (Å²) in [4.78, 5) is 14.2. The van der Waals surface area contributed by atoms with Crippen molar-refractivity contribution in [1.29, 1.82) is 0 Å². The summed E-state index contributed by atoms with van der Waals surface area (Å²) < 4.78 is 40.3. The predicted molar refractivity (Wildman–Crippen MR) is 90.8 cm³/mol. The van der Waals surface area contributed by atoms with E-state index in [9.17, 15) is 18.0 Å². The molecule has 1 unspecified atom stereocenters. The van der Waals surface area contributed by atoms with Crippen LogP contribution in [-0.2, 0) is 11.0 Å². The Bertz CT molecular complexity index is 786. The molecule has 1 N–H and O–H groups in total. The van der Waals surface area contributed by atoms with E-state index in [0.29, 0.717) is 37.1 Å². The van der Waals surface area contributed by atoms with Crippen molar-refractivity contribution in [2.75, 3.05) is 24.5 Å². The number of alkyl halides is 3. The molecule has 6 nitrogen and oxygen atoms in total. The molecule has 142 valence electrons. The molecule has 0 radical (unpaired) electrons. The van der Waals surface area contributed by atoms with E-state index in [1.54, 1.807) is 0 Å². The highest BCUT2D eigenvalue weighted by atomic mass is 19.4.